The molecule has 0 aromatic heterocycles. The van der Waals surface area contributed by atoms with Gasteiger partial charge in [-0.25, -0.2) is 0 Å². The Bertz CT molecular complexity index is 461. The van der Waals surface area contributed by atoms with E-state index in [9.17, 15) is 4.79 Å². The largest absolute Gasteiger partial charge is 0.481 e. The minimum atomic E-state index is -0.609. The Morgan fingerprint density at radius 1 is 0.952 bits per heavy atom. The number of piperazine rings is 1. The van der Waals surface area contributed by atoms with E-state index in [0.29, 0.717) is 6.04 Å². The maximum atomic E-state index is 11.0. The molecule has 1 aliphatic heterocycles. The van der Waals surface area contributed by atoms with Crippen molar-refractivity contribution in [3.05, 3.63) is 30.3 Å². The predicted octanol–water partition coefficient (Wildman–Crippen LogP) is 2.45. The number of benzene rings is 1. The highest BCUT2D eigenvalue weighted by molar-refractivity contribution is 5.70. The van der Waals surface area contributed by atoms with Gasteiger partial charge in [-0.1, -0.05) is 18.2 Å². The molecule has 1 saturated heterocycles. The standard InChI is InChI=1S/C17H24N2O2/c20-17(21)14-6-8-16(9-7-14)19-12-10-18(11-13-19)15-4-2-1-3-5-15/h1-5,14,16H,6-13H2,(H,20,21). The van der Waals surface area contributed by atoms with E-state index in [1.54, 1.807) is 0 Å². The molecule has 4 nitrogen and oxygen atoms in total. The summed E-state index contributed by atoms with van der Waals surface area (Å²) in [5.74, 6) is -0.714. The molecule has 1 aliphatic carbocycles. The van der Waals surface area contributed by atoms with Crippen molar-refractivity contribution in [2.24, 2.45) is 5.92 Å². The highest BCUT2D eigenvalue weighted by atomic mass is 16.4. The Labute approximate surface area is 126 Å². The lowest BCUT2D eigenvalue weighted by Gasteiger charge is -2.42. The van der Waals surface area contributed by atoms with Crippen LogP contribution < -0.4 is 4.90 Å². The summed E-state index contributed by atoms with van der Waals surface area (Å²) in [6.45, 7) is 4.33. The van der Waals surface area contributed by atoms with Crippen molar-refractivity contribution >= 4 is 11.7 Å². The van der Waals surface area contributed by atoms with Crippen molar-refractivity contribution in [3.63, 3.8) is 0 Å². The van der Waals surface area contributed by atoms with Crippen LogP contribution in [0.4, 0.5) is 5.69 Å². The first-order valence-electron chi connectivity index (χ1n) is 8.01. The smallest absolute Gasteiger partial charge is 0.306 e. The SMILES string of the molecule is O=C(O)C1CCC(N2CCN(c3ccccc3)CC2)CC1. The van der Waals surface area contributed by atoms with Gasteiger partial charge in [0.1, 0.15) is 0 Å². The van der Waals surface area contributed by atoms with Gasteiger partial charge in [0.15, 0.2) is 0 Å². The monoisotopic (exact) mass is 288 g/mol. The van der Waals surface area contributed by atoms with Crippen molar-refractivity contribution in [3.8, 4) is 0 Å². The van der Waals surface area contributed by atoms with Crippen LogP contribution in [0.25, 0.3) is 0 Å². The fraction of sp³-hybridized carbons (Fsp3) is 0.588. The van der Waals surface area contributed by atoms with E-state index in [2.05, 4.69) is 40.1 Å². The van der Waals surface area contributed by atoms with Gasteiger partial charge in [0, 0.05) is 37.9 Å². The molecule has 0 bridgehead atoms. The van der Waals surface area contributed by atoms with Crippen LogP contribution in [-0.2, 0) is 4.79 Å². The highest BCUT2D eigenvalue weighted by Crippen LogP contribution is 2.28. The van der Waals surface area contributed by atoms with E-state index in [-0.39, 0.29) is 5.92 Å². The van der Waals surface area contributed by atoms with Crippen LogP contribution in [0.2, 0.25) is 0 Å². The second-order valence-electron chi connectivity index (χ2n) is 6.20. The van der Waals surface area contributed by atoms with Crippen LogP contribution in [0.3, 0.4) is 0 Å². The molecule has 2 fully saturated rings. The number of rotatable bonds is 3. The van der Waals surface area contributed by atoms with Crippen molar-refractivity contribution in [1.29, 1.82) is 0 Å². The molecule has 1 aromatic carbocycles. The number of aliphatic carboxylic acids is 1. The van der Waals surface area contributed by atoms with Crippen molar-refractivity contribution in [2.45, 2.75) is 31.7 Å². The molecule has 4 heteroatoms. The molecular formula is C17H24N2O2. The summed E-state index contributed by atoms with van der Waals surface area (Å²) >= 11 is 0. The van der Waals surface area contributed by atoms with Crippen LogP contribution in [0.15, 0.2) is 30.3 Å². The number of carbonyl (C=O) groups is 1. The van der Waals surface area contributed by atoms with Gasteiger partial charge in [-0.3, -0.25) is 9.69 Å². The Morgan fingerprint density at radius 3 is 2.14 bits per heavy atom. The van der Waals surface area contributed by atoms with Crippen LogP contribution in [0, 0.1) is 5.92 Å². The summed E-state index contributed by atoms with van der Waals surface area (Å²) in [5.41, 5.74) is 1.31. The van der Waals surface area contributed by atoms with Gasteiger partial charge in [0.05, 0.1) is 5.92 Å². The molecule has 0 spiro atoms. The Morgan fingerprint density at radius 2 is 1.57 bits per heavy atom. The van der Waals surface area contributed by atoms with Gasteiger partial charge in [-0.2, -0.15) is 0 Å². The molecule has 0 amide bonds. The molecule has 0 radical (unpaired) electrons. The first-order chi connectivity index (χ1) is 10.2. The number of para-hydroxylation sites is 1. The maximum absolute atomic E-state index is 11.0. The molecule has 0 unspecified atom stereocenters. The van der Waals surface area contributed by atoms with Crippen LogP contribution in [0.1, 0.15) is 25.7 Å². The number of anilines is 1. The number of nitrogens with zero attached hydrogens (tertiary/aromatic N) is 2. The molecule has 21 heavy (non-hydrogen) atoms. The summed E-state index contributed by atoms with van der Waals surface area (Å²) < 4.78 is 0. The van der Waals surface area contributed by atoms with E-state index in [0.717, 1.165) is 51.9 Å². The average Bonchev–Trinajstić information content (AvgIpc) is 2.56. The maximum Gasteiger partial charge on any atom is 0.306 e. The second-order valence-corrected chi connectivity index (χ2v) is 6.20. The van der Waals surface area contributed by atoms with Crippen molar-refractivity contribution in [2.75, 3.05) is 31.1 Å². The molecule has 114 valence electrons. The molecular weight excluding hydrogens is 264 g/mol. The fourth-order valence-corrected chi connectivity index (χ4v) is 3.67. The van der Waals surface area contributed by atoms with Gasteiger partial charge < -0.3 is 10.0 Å². The summed E-state index contributed by atoms with van der Waals surface area (Å²) in [5, 5.41) is 9.08. The lowest BCUT2D eigenvalue weighted by molar-refractivity contribution is -0.143. The molecule has 1 N–H and O–H groups in total. The van der Waals surface area contributed by atoms with E-state index in [1.165, 1.54) is 5.69 Å². The predicted molar refractivity (Wildman–Crippen MR) is 83.6 cm³/mol. The molecule has 1 heterocycles. The lowest BCUT2D eigenvalue weighted by atomic mass is 9.85. The third-order valence-corrected chi connectivity index (χ3v) is 5.00. The molecule has 1 aromatic rings. The van der Waals surface area contributed by atoms with Gasteiger partial charge in [0.25, 0.3) is 0 Å². The third-order valence-electron chi connectivity index (χ3n) is 5.00. The van der Waals surface area contributed by atoms with Crippen molar-refractivity contribution < 1.29 is 9.90 Å². The van der Waals surface area contributed by atoms with E-state index >= 15 is 0 Å². The van der Waals surface area contributed by atoms with E-state index in [4.69, 9.17) is 5.11 Å². The summed E-state index contributed by atoms with van der Waals surface area (Å²) in [7, 11) is 0. The van der Waals surface area contributed by atoms with E-state index in [1.807, 2.05) is 0 Å². The minimum Gasteiger partial charge on any atom is -0.481 e. The van der Waals surface area contributed by atoms with Gasteiger partial charge >= 0.3 is 5.97 Å². The zero-order chi connectivity index (χ0) is 14.7. The number of hydrogen-bond acceptors (Lipinski definition) is 3. The fourth-order valence-electron chi connectivity index (χ4n) is 3.67. The van der Waals surface area contributed by atoms with Crippen LogP contribution >= 0.6 is 0 Å². The van der Waals surface area contributed by atoms with Gasteiger partial charge in [-0.05, 0) is 37.8 Å². The first kappa shape index (κ1) is 14.4. The molecule has 3 rings (SSSR count). The minimum absolute atomic E-state index is 0.105. The quantitative estimate of drug-likeness (QED) is 0.928. The number of hydrogen-bond donors (Lipinski definition) is 1. The first-order valence-corrected chi connectivity index (χ1v) is 8.01. The topological polar surface area (TPSA) is 43.8 Å². The highest BCUT2D eigenvalue weighted by Gasteiger charge is 2.30. The van der Waals surface area contributed by atoms with Crippen LogP contribution in [0.5, 0.6) is 0 Å². The zero-order valence-electron chi connectivity index (χ0n) is 12.4. The normalized spacial score (nSPS) is 27.5. The average molecular weight is 288 g/mol. The Hall–Kier alpha value is -1.55. The van der Waals surface area contributed by atoms with Crippen LogP contribution in [-0.4, -0.2) is 48.2 Å². The third kappa shape index (κ3) is 3.38. The molecule has 0 atom stereocenters. The number of carboxylic acid groups (broad SMARTS) is 1. The Balaban J connectivity index is 1.49. The van der Waals surface area contributed by atoms with Gasteiger partial charge in [-0.15, -0.1) is 0 Å². The number of carboxylic acids is 1. The van der Waals surface area contributed by atoms with Gasteiger partial charge in [0.2, 0.25) is 0 Å². The summed E-state index contributed by atoms with van der Waals surface area (Å²) in [4.78, 5) is 16.0. The summed E-state index contributed by atoms with van der Waals surface area (Å²) in [6.07, 6.45) is 3.78. The van der Waals surface area contributed by atoms with E-state index < -0.39 is 5.97 Å². The summed E-state index contributed by atoms with van der Waals surface area (Å²) in [6, 6.07) is 11.2. The lowest BCUT2D eigenvalue weighted by Crippen LogP contribution is -2.51. The second kappa shape index (κ2) is 6.48. The molecule has 1 saturated carbocycles. The molecule has 2 aliphatic rings. The Kier molecular flexibility index (Phi) is 4.44. The zero-order valence-corrected chi connectivity index (χ0v) is 12.4. The van der Waals surface area contributed by atoms with Crippen molar-refractivity contribution in [1.82, 2.24) is 4.90 Å².